The van der Waals surface area contributed by atoms with Crippen molar-refractivity contribution in [1.29, 1.82) is 0 Å². The summed E-state index contributed by atoms with van der Waals surface area (Å²) in [5.74, 6) is 0.820. The molecule has 1 rings (SSSR count). The Morgan fingerprint density at radius 2 is 2.10 bits per heavy atom. The maximum atomic E-state index is 10.8. The van der Waals surface area contributed by atoms with E-state index in [9.17, 15) is 4.79 Å². The van der Waals surface area contributed by atoms with Gasteiger partial charge in [-0.2, -0.15) is 0 Å². The minimum Gasteiger partial charge on any atom is -0.494 e. The summed E-state index contributed by atoms with van der Waals surface area (Å²) in [6.45, 7) is 4.32. The van der Waals surface area contributed by atoms with Gasteiger partial charge in [-0.3, -0.25) is 0 Å². The van der Waals surface area contributed by atoms with E-state index in [0.29, 0.717) is 32.7 Å². The molecule has 0 aliphatic carbocycles. The summed E-state index contributed by atoms with van der Waals surface area (Å²) in [5, 5.41) is 14.5. The molecule has 5 N–H and O–H groups in total. The highest BCUT2D eigenvalue weighted by molar-refractivity contribution is 5.64. The minimum absolute atomic E-state index is 0.183. The largest absolute Gasteiger partial charge is 0.494 e. The molecular formula is C14H23N3O3. The fourth-order valence-electron chi connectivity index (χ4n) is 1.90. The summed E-state index contributed by atoms with van der Waals surface area (Å²) in [6.07, 6.45) is -0.397. The summed E-state index contributed by atoms with van der Waals surface area (Å²) in [4.78, 5) is 10.8. The molecule has 6 heteroatoms. The summed E-state index contributed by atoms with van der Waals surface area (Å²) >= 11 is 0. The van der Waals surface area contributed by atoms with Crippen LogP contribution in [0.15, 0.2) is 24.3 Å². The van der Waals surface area contributed by atoms with Crippen molar-refractivity contribution in [2.75, 3.05) is 26.2 Å². The van der Waals surface area contributed by atoms with Crippen molar-refractivity contribution in [3.63, 3.8) is 0 Å². The Kier molecular flexibility index (Phi) is 7.46. The number of carbonyl (C=O) groups is 1. The van der Waals surface area contributed by atoms with E-state index in [4.69, 9.17) is 15.6 Å². The molecule has 0 radical (unpaired) electrons. The monoisotopic (exact) mass is 281 g/mol. The van der Waals surface area contributed by atoms with Gasteiger partial charge in [0.2, 0.25) is 0 Å². The molecule has 112 valence electrons. The minimum atomic E-state index is -1.02. The molecule has 6 nitrogen and oxygen atoms in total. The molecular weight excluding hydrogens is 258 g/mol. The van der Waals surface area contributed by atoms with Gasteiger partial charge in [0.25, 0.3) is 0 Å². The van der Waals surface area contributed by atoms with E-state index >= 15 is 0 Å². The molecule has 0 aromatic heterocycles. The summed E-state index contributed by atoms with van der Waals surface area (Å²) in [7, 11) is 0. The smallest absolute Gasteiger partial charge is 0.404 e. The molecule has 0 saturated carbocycles. The molecule has 1 aromatic carbocycles. The number of benzene rings is 1. The normalized spacial score (nSPS) is 11.9. The van der Waals surface area contributed by atoms with E-state index in [-0.39, 0.29) is 6.04 Å². The third-order valence-corrected chi connectivity index (χ3v) is 2.76. The maximum absolute atomic E-state index is 10.8. The van der Waals surface area contributed by atoms with Gasteiger partial charge in [0.05, 0.1) is 6.61 Å². The number of amides is 1. The predicted octanol–water partition coefficient (Wildman–Crippen LogP) is 0.812. The summed E-state index contributed by atoms with van der Waals surface area (Å²) in [5.41, 5.74) is 6.46. The van der Waals surface area contributed by atoms with Crippen molar-refractivity contribution in [2.24, 2.45) is 5.73 Å². The Bertz CT molecular complexity index is 395. The Morgan fingerprint density at radius 3 is 2.65 bits per heavy atom. The number of nitrogens with two attached hydrogens (primary N) is 1. The van der Waals surface area contributed by atoms with Crippen LogP contribution in [0.25, 0.3) is 0 Å². The first kappa shape index (κ1) is 16.3. The molecule has 1 atom stereocenters. The van der Waals surface area contributed by atoms with E-state index in [1.807, 2.05) is 31.2 Å². The number of nitrogens with one attached hydrogen (secondary N) is 2. The van der Waals surface area contributed by atoms with Crippen LogP contribution in [0.2, 0.25) is 0 Å². The molecule has 0 aliphatic rings. The molecule has 0 saturated heterocycles. The quantitative estimate of drug-likeness (QED) is 0.502. The highest BCUT2D eigenvalue weighted by Crippen LogP contribution is 2.13. The van der Waals surface area contributed by atoms with Crippen LogP contribution in [0.5, 0.6) is 5.75 Å². The lowest BCUT2D eigenvalue weighted by Gasteiger charge is -2.17. The maximum Gasteiger partial charge on any atom is 0.404 e. The molecule has 20 heavy (non-hydrogen) atoms. The first-order valence-electron chi connectivity index (χ1n) is 6.77. The average Bonchev–Trinajstić information content (AvgIpc) is 2.41. The van der Waals surface area contributed by atoms with Crippen LogP contribution < -0.4 is 21.1 Å². The van der Waals surface area contributed by atoms with Gasteiger partial charge in [-0.1, -0.05) is 12.1 Å². The molecule has 0 heterocycles. The Labute approximate surface area is 119 Å². The van der Waals surface area contributed by atoms with E-state index in [1.54, 1.807) is 0 Å². The van der Waals surface area contributed by atoms with Gasteiger partial charge >= 0.3 is 6.09 Å². The number of rotatable bonds is 9. The molecule has 1 unspecified atom stereocenters. The van der Waals surface area contributed by atoms with Gasteiger partial charge in [0.15, 0.2) is 0 Å². The number of hydrogen-bond acceptors (Lipinski definition) is 4. The van der Waals surface area contributed by atoms with E-state index in [1.165, 1.54) is 0 Å². The van der Waals surface area contributed by atoms with Gasteiger partial charge in [-0.15, -0.1) is 0 Å². The van der Waals surface area contributed by atoms with Gasteiger partial charge in [0, 0.05) is 25.7 Å². The topological polar surface area (TPSA) is 96.6 Å². The van der Waals surface area contributed by atoms with Gasteiger partial charge in [-0.25, -0.2) is 4.79 Å². The molecule has 0 fully saturated rings. The lowest BCUT2D eigenvalue weighted by atomic mass is 10.1. The highest BCUT2D eigenvalue weighted by atomic mass is 16.5. The van der Waals surface area contributed by atoms with Crippen LogP contribution in [-0.2, 0) is 6.42 Å². The molecule has 0 aliphatic heterocycles. The Hall–Kier alpha value is -1.79. The van der Waals surface area contributed by atoms with Crippen LogP contribution in [0, 0.1) is 0 Å². The fourth-order valence-corrected chi connectivity index (χ4v) is 1.90. The van der Waals surface area contributed by atoms with E-state index in [2.05, 4.69) is 10.6 Å². The van der Waals surface area contributed by atoms with Crippen LogP contribution in [0.3, 0.4) is 0 Å². The zero-order valence-electron chi connectivity index (χ0n) is 11.8. The predicted molar refractivity (Wildman–Crippen MR) is 78.2 cm³/mol. The summed E-state index contributed by atoms with van der Waals surface area (Å²) < 4.78 is 5.37. The second kappa shape index (κ2) is 9.17. The van der Waals surface area contributed by atoms with Crippen molar-refractivity contribution < 1.29 is 14.6 Å². The average molecular weight is 281 g/mol. The lowest BCUT2D eigenvalue weighted by Crippen LogP contribution is -2.43. The van der Waals surface area contributed by atoms with Crippen molar-refractivity contribution >= 4 is 6.09 Å². The zero-order chi connectivity index (χ0) is 14.8. The second-order valence-corrected chi connectivity index (χ2v) is 4.42. The Balaban J connectivity index is 2.55. The van der Waals surface area contributed by atoms with Crippen LogP contribution in [0.1, 0.15) is 12.5 Å². The van der Waals surface area contributed by atoms with Crippen LogP contribution >= 0.6 is 0 Å². The van der Waals surface area contributed by atoms with Crippen LogP contribution in [0.4, 0.5) is 4.79 Å². The summed E-state index contributed by atoms with van der Waals surface area (Å²) in [6, 6.07) is 7.50. The zero-order valence-corrected chi connectivity index (χ0v) is 11.8. The van der Waals surface area contributed by atoms with Crippen LogP contribution in [-0.4, -0.2) is 43.5 Å². The molecule has 1 aromatic rings. The van der Waals surface area contributed by atoms with Crippen molar-refractivity contribution in [3.8, 4) is 5.75 Å². The third-order valence-electron chi connectivity index (χ3n) is 2.76. The van der Waals surface area contributed by atoms with Crippen molar-refractivity contribution in [2.45, 2.75) is 19.4 Å². The lowest BCUT2D eigenvalue weighted by molar-refractivity contribution is 0.189. The van der Waals surface area contributed by atoms with Gasteiger partial charge < -0.3 is 26.2 Å². The Morgan fingerprint density at radius 1 is 1.40 bits per heavy atom. The first-order valence-corrected chi connectivity index (χ1v) is 6.77. The highest BCUT2D eigenvalue weighted by Gasteiger charge is 2.11. The van der Waals surface area contributed by atoms with E-state index in [0.717, 1.165) is 11.3 Å². The second-order valence-electron chi connectivity index (χ2n) is 4.42. The number of hydrogen-bond donors (Lipinski definition) is 4. The van der Waals surface area contributed by atoms with E-state index < -0.39 is 6.09 Å². The number of ether oxygens (including phenoxy) is 1. The first-order chi connectivity index (χ1) is 9.65. The molecule has 1 amide bonds. The third kappa shape index (κ3) is 6.40. The molecule has 0 bridgehead atoms. The fraction of sp³-hybridized carbons (Fsp3) is 0.500. The van der Waals surface area contributed by atoms with Crippen molar-refractivity contribution in [3.05, 3.63) is 29.8 Å². The van der Waals surface area contributed by atoms with Gasteiger partial charge in [-0.05, 0) is 31.0 Å². The number of carboxylic acid groups (broad SMARTS) is 1. The molecule has 0 spiro atoms. The van der Waals surface area contributed by atoms with Gasteiger partial charge in [0.1, 0.15) is 5.75 Å². The standard InChI is InChI=1S/C14H23N3O3/c1-2-20-13-5-3-11(4-6-13)9-12(17-14(18)19)10-16-8-7-15/h3-6,12,16-17H,2,7-10,15H2,1H3,(H,18,19). The SMILES string of the molecule is CCOc1ccc(CC(CNCCN)NC(=O)O)cc1. The van der Waals surface area contributed by atoms with Crippen molar-refractivity contribution in [1.82, 2.24) is 10.6 Å².